The van der Waals surface area contributed by atoms with Crippen LogP contribution in [0.5, 0.6) is 34.5 Å². The van der Waals surface area contributed by atoms with Gasteiger partial charge in [0.1, 0.15) is 17.1 Å². The van der Waals surface area contributed by atoms with Gasteiger partial charge < -0.3 is 37.9 Å². The first kappa shape index (κ1) is 23.7. The van der Waals surface area contributed by atoms with Gasteiger partial charge in [0.05, 0.1) is 60.0 Å². The minimum atomic E-state index is -0.740. The van der Waals surface area contributed by atoms with Crippen LogP contribution in [0.25, 0.3) is 10.8 Å². The molecule has 0 amide bonds. The van der Waals surface area contributed by atoms with Crippen LogP contribution in [0.3, 0.4) is 0 Å². The Hall–Kier alpha value is -3.56. The lowest BCUT2D eigenvalue weighted by Crippen LogP contribution is -2.17. The Morgan fingerprint density at radius 1 is 0.742 bits per heavy atom. The Balaban J connectivity index is 3.10. The van der Waals surface area contributed by atoms with E-state index in [0.29, 0.717) is 22.3 Å². The van der Waals surface area contributed by atoms with E-state index in [1.807, 2.05) is 0 Å². The van der Waals surface area contributed by atoms with Crippen LogP contribution in [0.4, 0.5) is 0 Å². The summed E-state index contributed by atoms with van der Waals surface area (Å²) in [5.74, 6) is -0.343. The highest BCUT2D eigenvalue weighted by Gasteiger charge is 2.33. The normalized spacial score (nSPS) is 10.3. The van der Waals surface area contributed by atoms with Crippen LogP contribution >= 0.6 is 0 Å². The zero-order chi connectivity index (χ0) is 23.1. The summed E-state index contributed by atoms with van der Waals surface area (Å²) >= 11 is 0. The minimum Gasteiger partial charge on any atom is -0.496 e. The first-order valence-corrected chi connectivity index (χ1v) is 9.21. The van der Waals surface area contributed by atoms with Gasteiger partial charge in [-0.05, 0) is 6.92 Å². The molecule has 0 heterocycles. The lowest BCUT2D eigenvalue weighted by molar-refractivity contribution is -0.142. The number of hydrogen-bond acceptors (Lipinski definition) is 10. The summed E-state index contributed by atoms with van der Waals surface area (Å²) in [5.41, 5.74) is -0.0804. The van der Waals surface area contributed by atoms with Crippen LogP contribution in [0.15, 0.2) is 6.07 Å². The lowest BCUT2D eigenvalue weighted by Gasteiger charge is -2.23. The predicted octanol–water partition coefficient (Wildman–Crippen LogP) is 2.61. The second-order valence-electron chi connectivity index (χ2n) is 5.92. The standard InChI is InChI=1S/C21H26O10/c1-8-30-21(23)16-18(28-6)14-11(24-2)9-12(25-3)17(27-5)15(14)19(29-7)20(16)31-10-13(22)26-4/h9H,8,10H2,1-7H3. The van der Waals surface area contributed by atoms with Gasteiger partial charge >= 0.3 is 11.9 Å². The smallest absolute Gasteiger partial charge is 0.345 e. The molecule has 0 aliphatic carbocycles. The lowest BCUT2D eigenvalue weighted by atomic mass is 9.99. The number of ether oxygens (including phenoxy) is 8. The van der Waals surface area contributed by atoms with Crippen molar-refractivity contribution in [3.05, 3.63) is 11.6 Å². The highest BCUT2D eigenvalue weighted by atomic mass is 16.6. The molecule has 0 spiro atoms. The molecule has 0 N–H and O–H groups in total. The number of rotatable bonds is 10. The van der Waals surface area contributed by atoms with Gasteiger partial charge in [0, 0.05) is 6.07 Å². The molecule has 0 bridgehead atoms. The number of fused-ring (bicyclic) bond motifs is 1. The second kappa shape index (κ2) is 10.5. The Kier molecular flexibility index (Phi) is 8.00. The fourth-order valence-electron chi connectivity index (χ4n) is 3.14. The van der Waals surface area contributed by atoms with Crippen molar-refractivity contribution < 1.29 is 47.5 Å². The van der Waals surface area contributed by atoms with Crippen molar-refractivity contribution in [2.75, 3.05) is 55.9 Å². The molecular formula is C21H26O10. The molecule has 2 aromatic carbocycles. The van der Waals surface area contributed by atoms with Crippen LogP contribution in [-0.2, 0) is 14.3 Å². The van der Waals surface area contributed by atoms with Crippen molar-refractivity contribution in [3.8, 4) is 34.5 Å². The Labute approximate surface area is 179 Å². The van der Waals surface area contributed by atoms with Crippen LogP contribution in [-0.4, -0.2) is 67.8 Å². The zero-order valence-corrected chi connectivity index (χ0v) is 18.6. The van der Waals surface area contributed by atoms with E-state index in [0.717, 1.165) is 0 Å². The van der Waals surface area contributed by atoms with Gasteiger partial charge in [0.15, 0.2) is 29.6 Å². The van der Waals surface area contributed by atoms with Crippen LogP contribution in [0.1, 0.15) is 17.3 Å². The van der Waals surface area contributed by atoms with Crippen molar-refractivity contribution in [2.24, 2.45) is 0 Å². The molecule has 10 heteroatoms. The van der Waals surface area contributed by atoms with E-state index in [1.54, 1.807) is 13.0 Å². The maximum Gasteiger partial charge on any atom is 0.345 e. The summed E-state index contributed by atoms with van der Waals surface area (Å²) in [6.45, 7) is 1.27. The monoisotopic (exact) mass is 438 g/mol. The number of esters is 2. The van der Waals surface area contributed by atoms with E-state index in [4.69, 9.17) is 33.2 Å². The average Bonchev–Trinajstić information content (AvgIpc) is 2.79. The maximum atomic E-state index is 12.9. The van der Waals surface area contributed by atoms with Gasteiger partial charge in [0.25, 0.3) is 0 Å². The quantitative estimate of drug-likeness (QED) is 0.514. The van der Waals surface area contributed by atoms with Gasteiger partial charge in [-0.15, -0.1) is 0 Å². The average molecular weight is 438 g/mol. The van der Waals surface area contributed by atoms with E-state index in [9.17, 15) is 9.59 Å². The Morgan fingerprint density at radius 2 is 1.35 bits per heavy atom. The number of methoxy groups -OCH3 is 6. The van der Waals surface area contributed by atoms with Gasteiger partial charge in [-0.25, -0.2) is 9.59 Å². The molecule has 2 rings (SSSR count). The third kappa shape index (κ3) is 4.32. The van der Waals surface area contributed by atoms with E-state index < -0.39 is 18.5 Å². The number of carbonyl (C=O) groups excluding carboxylic acids is 2. The molecule has 0 saturated carbocycles. The predicted molar refractivity (Wildman–Crippen MR) is 110 cm³/mol. The van der Waals surface area contributed by atoms with Crippen LogP contribution in [0, 0.1) is 0 Å². The van der Waals surface area contributed by atoms with Gasteiger partial charge in [-0.3, -0.25) is 0 Å². The van der Waals surface area contributed by atoms with Crippen molar-refractivity contribution in [3.63, 3.8) is 0 Å². The first-order chi connectivity index (χ1) is 14.9. The topological polar surface area (TPSA) is 108 Å². The molecule has 0 fully saturated rings. The van der Waals surface area contributed by atoms with Crippen LogP contribution in [0.2, 0.25) is 0 Å². The molecule has 0 aliphatic heterocycles. The Bertz CT molecular complexity index is 967. The summed E-state index contributed by atoms with van der Waals surface area (Å²) in [7, 11) is 8.35. The van der Waals surface area contributed by atoms with Crippen molar-refractivity contribution in [1.29, 1.82) is 0 Å². The number of hydrogen-bond donors (Lipinski definition) is 0. The molecule has 2 aromatic rings. The Morgan fingerprint density at radius 3 is 1.84 bits per heavy atom. The molecule has 0 aliphatic rings. The second-order valence-corrected chi connectivity index (χ2v) is 5.92. The number of carbonyl (C=O) groups is 2. The van der Waals surface area contributed by atoms with E-state index in [1.165, 1.54) is 42.7 Å². The molecule has 170 valence electrons. The third-order valence-electron chi connectivity index (χ3n) is 4.42. The maximum absolute atomic E-state index is 12.9. The van der Waals surface area contributed by atoms with Crippen LogP contribution < -0.4 is 28.4 Å². The molecular weight excluding hydrogens is 412 g/mol. The minimum absolute atomic E-state index is 0.0793. The fourth-order valence-corrected chi connectivity index (χ4v) is 3.14. The molecule has 0 atom stereocenters. The summed E-state index contributed by atoms with van der Waals surface area (Å²) in [6.07, 6.45) is 0. The zero-order valence-electron chi connectivity index (χ0n) is 18.6. The first-order valence-electron chi connectivity index (χ1n) is 9.21. The van der Waals surface area contributed by atoms with Gasteiger partial charge in [0.2, 0.25) is 0 Å². The van der Waals surface area contributed by atoms with E-state index in [2.05, 4.69) is 4.74 Å². The summed E-state index contributed by atoms with van der Waals surface area (Å²) in [4.78, 5) is 24.6. The molecule has 31 heavy (non-hydrogen) atoms. The van der Waals surface area contributed by atoms with E-state index in [-0.39, 0.29) is 35.2 Å². The van der Waals surface area contributed by atoms with Crippen molar-refractivity contribution >= 4 is 22.7 Å². The summed E-state index contributed by atoms with van der Waals surface area (Å²) < 4.78 is 43.2. The third-order valence-corrected chi connectivity index (χ3v) is 4.42. The molecule has 0 saturated heterocycles. The van der Waals surface area contributed by atoms with Gasteiger partial charge in [-0.1, -0.05) is 0 Å². The summed E-state index contributed by atoms with van der Waals surface area (Å²) in [5, 5.41) is 0.721. The highest BCUT2D eigenvalue weighted by molar-refractivity contribution is 6.12. The van der Waals surface area contributed by atoms with Crippen molar-refractivity contribution in [2.45, 2.75) is 6.92 Å². The fraction of sp³-hybridized carbons (Fsp3) is 0.429. The molecule has 0 unspecified atom stereocenters. The summed E-state index contributed by atoms with van der Waals surface area (Å²) in [6, 6.07) is 1.59. The number of benzene rings is 2. The largest absolute Gasteiger partial charge is 0.496 e. The molecule has 10 nitrogen and oxygen atoms in total. The highest BCUT2D eigenvalue weighted by Crippen LogP contribution is 2.55. The SMILES string of the molecule is CCOC(=O)c1c(OCC(=O)OC)c(OC)c2c(OC)c(OC)cc(OC)c2c1OC. The molecule has 0 aromatic heterocycles. The molecule has 0 radical (unpaired) electrons. The van der Waals surface area contributed by atoms with E-state index >= 15 is 0 Å². The van der Waals surface area contributed by atoms with Gasteiger partial charge in [-0.2, -0.15) is 0 Å². The van der Waals surface area contributed by atoms with Crippen molar-refractivity contribution in [1.82, 2.24) is 0 Å².